The lowest BCUT2D eigenvalue weighted by atomic mass is 10.8. The molecule has 1 aromatic rings. The van der Waals surface area contributed by atoms with Crippen molar-refractivity contribution in [1.29, 1.82) is 0 Å². The molecule has 0 saturated heterocycles. The molecule has 5 nitrogen and oxygen atoms in total. The number of hydrogen-bond acceptors (Lipinski definition) is 3. The highest BCUT2D eigenvalue weighted by atomic mass is 32.2. The number of sulfonamides is 1. The predicted octanol–water partition coefficient (Wildman–Crippen LogP) is 0.0501. The molecule has 6 heteroatoms. The second kappa shape index (κ2) is 3.24. The van der Waals surface area contributed by atoms with Crippen LogP contribution in [0.3, 0.4) is 0 Å². The van der Waals surface area contributed by atoms with Crippen molar-refractivity contribution in [2.45, 2.75) is 11.9 Å². The lowest BCUT2D eigenvalue weighted by molar-refractivity contribution is 0.483. The fourth-order valence-electron chi connectivity index (χ4n) is 0.722. The monoisotopic (exact) mass is 189 g/mol. The third-order valence-corrected chi connectivity index (χ3v) is 3.46. The average molecular weight is 189 g/mol. The molecule has 1 N–H and O–H groups in total. The number of imidazole rings is 1. The standard InChI is InChI=1S/C6H11N3O2S/c1-3-9(2)12(10,11)6-4-7-5-8-6/h4-5H,3H2,1-2H3,(H,7,8). The average Bonchev–Trinajstić information content (AvgIpc) is 2.55. The molecule has 0 aromatic carbocycles. The van der Waals surface area contributed by atoms with E-state index in [-0.39, 0.29) is 5.03 Å². The molecule has 1 heterocycles. The van der Waals surface area contributed by atoms with E-state index in [0.717, 1.165) is 0 Å². The topological polar surface area (TPSA) is 66.1 Å². The van der Waals surface area contributed by atoms with E-state index in [2.05, 4.69) is 9.97 Å². The molecular formula is C6H11N3O2S. The Bertz CT molecular complexity index is 330. The number of nitrogens with zero attached hydrogens (tertiary/aromatic N) is 2. The summed E-state index contributed by atoms with van der Waals surface area (Å²) in [7, 11) is -1.81. The minimum Gasteiger partial charge on any atom is -0.335 e. The maximum atomic E-state index is 11.5. The van der Waals surface area contributed by atoms with Crippen molar-refractivity contribution >= 4 is 10.0 Å². The van der Waals surface area contributed by atoms with Gasteiger partial charge in [-0.05, 0) is 0 Å². The van der Waals surface area contributed by atoms with Crippen molar-refractivity contribution in [3.8, 4) is 0 Å². The zero-order valence-electron chi connectivity index (χ0n) is 6.98. The summed E-state index contributed by atoms with van der Waals surface area (Å²) >= 11 is 0. The summed E-state index contributed by atoms with van der Waals surface area (Å²) in [5, 5.41) is 0.131. The van der Waals surface area contributed by atoms with Gasteiger partial charge in [0.2, 0.25) is 0 Å². The smallest absolute Gasteiger partial charge is 0.259 e. The summed E-state index contributed by atoms with van der Waals surface area (Å²) in [6.45, 7) is 2.22. The molecule has 0 aliphatic heterocycles. The summed E-state index contributed by atoms with van der Waals surface area (Å²) in [6, 6.07) is 0. The lowest BCUT2D eigenvalue weighted by Gasteiger charge is -2.12. The van der Waals surface area contributed by atoms with E-state index in [4.69, 9.17) is 0 Å². The second-order valence-electron chi connectivity index (χ2n) is 2.34. The SMILES string of the molecule is CCN(C)S(=O)(=O)c1cnc[nH]1. The van der Waals surface area contributed by atoms with Crippen LogP contribution in [0.15, 0.2) is 17.6 Å². The number of aromatic nitrogens is 2. The molecule has 12 heavy (non-hydrogen) atoms. The van der Waals surface area contributed by atoms with Gasteiger partial charge in [-0.2, -0.15) is 4.31 Å². The van der Waals surface area contributed by atoms with E-state index in [1.165, 1.54) is 23.9 Å². The second-order valence-corrected chi connectivity index (χ2v) is 4.35. The summed E-state index contributed by atoms with van der Waals surface area (Å²) in [5.74, 6) is 0. The van der Waals surface area contributed by atoms with E-state index in [9.17, 15) is 8.42 Å². The maximum Gasteiger partial charge on any atom is 0.259 e. The highest BCUT2D eigenvalue weighted by molar-refractivity contribution is 7.89. The fraction of sp³-hybridized carbons (Fsp3) is 0.500. The first kappa shape index (κ1) is 9.21. The third-order valence-electron chi connectivity index (χ3n) is 1.61. The molecule has 68 valence electrons. The summed E-state index contributed by atoms with van der Waals surface area (Å²) in [4.78, 5) is 6.20. The van der Waals surface area contributed by atoms with Gasteiger partial charge in [0.05, 0.1) is 12.5 Å². The van der Waals surface area contributed by atoms with Crippen molar-refractivity contribution in [3.05, 3.63) is 12.5 Å². The Morgan fingerprint density at radius 2 is 2.33 bits per heavy atom. The summed E-state index contributed by atoms with van der Waals surface area (Å²) in [5.41, 5.74) is 0. The quantitative estimate of drug-likeness (QED) is 0.730. The zero-order chi connectivity index (χ0) is 9.19. The van der Waals surface area contributed by atoms with Gasteiger partial charge in [0.25, 0.3) is 10.0 Å². The van der Waals surface area contributed by atoms with Crippen LogP contribution in [0.2, 0.25) is 0 Å². The molecule has 0 atom stereocenters. The number of H-pyrrole nitrogens is 1. The molecule has 1 rings (SSSR count). The summed E-state index contributed by atoms with van der Waals surface area (Å²) < 4.78 is 24.2. The first-order valence-electron chi connectivity index (χ1n) is 3.53. The molecule has 0 unspecified atom stereocenters. The highest BCUT2D eigenvalue weighted by Gasteiger charge is 2.19. The molecule has 0 aliphatic carbocycles. The molecule has 0 bridgehead atoms. The molecule has 0 amide bonds. The van der Waals surface area contributed by atoms with Crippen LogP contribution in [-0.2, 0) is 10.0 Å². The van der Waals surface area contributed by atoms with E-state index in [1.807, 2.05) is 0 Å². The van der Waals surface area contributed by atoms with E-state index in [1.54, 1.807) is 6.92 Å². The van der Waals surface area contributed by atoms with Gasteiger partial charge in [-0.25, -0.2) is 13.4 Å². The van der Waals surface area contributed by atoms with E-state index in [0.29, 0.717) is 6.54 Å². The van der Waals surface area contributed by atoms with Crippen molar-refractivity contribution in [1.82, 2.24) is 14.3 Å². The molecule has 0 fully saturated rings. The van der Waals surface area contributed by atoms with Gasteiger partial charge in [0.15, 0.2) is 5.03 Å². The van der Waals surface area contributed by atoms with Gasteiger partial charge >= 0.3 is 0 Å². The van der Waals surface area contributed by atoms with Crippen LogP contribution in [0.4, 0.5) is 0 Å². The zero-order valence-corrected chi connectivity index (χ0v) is 7.80. The van der Waals surface area contributed by atoms with Crippen LogP contribution in [0.1, 0.15) is 6.92 Å². The Hall–Kier alpha value is -0.880. The third kappa shape index (κ3) is 1.49. The van der Waals surface area contributed by atoms with Crippen LogP contribution >= 0.6 is 0 Å². The predicted molar refractivity (Wildman–Crippen MR) is 44.1 cm³/mol. The lowest BCUT2D eigenvalue weighted by Crippen LogP contribution is -2.26. The Balaban J connectivity index is 3.03. The normalized spacial score (nSPS) is 12.2. The van der Waals surface area contributed by atoms with Crippen molar-refractivity contribution in [2.24, 2.45) is 0 Å². The van der Waals surface area contributed by atoms with Crippen molar-refractivity contribution in [3.63, 3.8) is 0 Å². The van der Waals surface area contributed by atoms with Gasteiger partial charge in [-0.1, -0.05) is 6.92 Å². The van der Waals surface area contributed by atoms with Crippen LogP contribution in [0.5, 0.6) is 0 Å². The van der Waals surface area contributed by atoms with Gasteiger partial charge < -0.3 is 4.98 Å². The summed E-state index contributed by atoms with van der Waals surface area (Å²) in [6.07, 6.45) is 2.64. The van der Waals surface area contributed by atoms with Crippen LogP contribution in [-0.4, -0.2) is 36.3 Å². The Labute approximate surface area is 71.5 Å². The molecule has 0 spiro atoms. The number of rotatable bonds is 3. The number of aromatic amines is 1. The van der Waals surface area contributed by atoms with E-state index < -0.39 is 10.0 Å². The minimum atomic E-state index is -3.33. The first-order valence-corrected chi connectivity index (χ1v) is 4.97. The van der Waals surface area contributed by atoms with Gasteiger partial charge in [0, 0.05) is 13.6 Å². The van der Waals surface area contributed by atoms with E-state index >= 15 is 0 Å². The Kier molecular flexibility index (Phi) is 2.49. The van der Waals surface area contributed by atoms with Crippen LogP contribution < -0.4 is 0 Å². The van der Waals surface area contributed by atoms with Crippen molar-refractivity contribution in [2.75, 3.05) is 13.6 Å². The van der Waals surface area contributed by atoms with Crippen molar-refractivity contribution < 1.29 is 8.42 Å². The van der Waals surface area contributed by atoms with Crippen LogP contribution in [0, 0.1) is 0 Å². The maximum absolute atomic E-state index is 11.5. The van der Waals surface area contributed by atoms with Gasteiger partial charge in [-0.15, -0.1) is 0 Å². The number of nitrogens with one attached hydrogen (secondary N) is 1. The molecule has 0 aliphatic rings. The van der Waals surface area contributed by atoms with Gasteiger partial charge in [-0.3, -0.25) is 0 Å². The number of hydrogen-bond donors (Lipinski definition) is 1. The highest BCUT2D eigenvalue weighted by Crippen LogP contribution is 2.08. The first-order chi connectivity index (χ1) is 5.59. The molecule has 0 saturated carbocycles. The molecule has 0 radical (unpaired) electrons. The van der Waals surface area contributed by atoms with Gasteiger partial charge in [0.1, 0.15) is 0 Å². The largest absolute Gasteiger partial charge is 0.335 e. The molecule has 1 aromatic heterocycles. The Morgan fingerprint density at radius 3 is 2.75 bits per heavy atom. The fourth-order valence-corrected chi connectivity index (χ4v) is 1.79. The van der Waals surface area contributed by atoms with Crippen LogP contribution in [0.25, 0.3) is 0 Å². The minimum absolute atomic E-state index is 0.131. The molecular weight excluding hydrogens is 178 g/mol. The Morgan fingerprint density at radius 1 is 1.67 bits per heavy atom.